The van der Waals surface area contributed by atoms with Gasteiger partial charge in [-0.25, -0.2) is 0 Å². The van der Waals surface area contributed by atoms with Crippen LogP contribution in [0, 0.1) is 5.41 Å². The molecule has 42 heavy (non-hydrogen) atoms. The second kappa shape index (κ2) is 14.6. The molecule has 2 aromatic carbocycles. The molecule has 1 atom stereocenters. The Labute approximate surface area is 250 Å². The summed E-state index contributed by atoms with van der Waals surface area (Å²) in [6.45, 7) is 11.9. The number of amidine groups is 1. The van der Waals surface area contributed by atoms with Crippen LogP contribution in [0.2, 0.25) is 0 Å². The fourth-order valence-electron chi connectivity index (χ4n) is 5.34. The van der Waals surface area contributed by atoms with Crippen LogP contribution in [0.5, 0.6) is 11.5 Å². The number of aliphatic imine (C=N–C) groups is 1. The molecular formula is C34H44N6O2. The zero-order valence-electron chi connectivity index (χ0n) is 25.1. The number of hydrogen-bond acceptors (Lipinski definition) is 6. The molecule has 4 rings (SSSR count). The summed E-state index contributed by atoms with van der Waals surface area (Å²) in [7, 11) is 0. The number of carbonyl (C=O) groups excluding carboxylic acids is 1. The third-order valence-corrected chi connectivity index (χ3v) is 7.81. The smallest absolute Gasteiger partial charge is 0.246 e. The number of allylic oxidation sites excluding steroid dienone is 1. The number of likely N-dealkylation sites (tertiary alicyclic amines) is 1. The maximum Gasteiger partial charge on any atom is 0.246 e. The van der Waals surface area contributed by atoms with E-state index in [1.54, 1.807) is 13.0 Å². The van der Waals surface area contributed by atoms with Crippen LogP contribution in [0.3, 0.4) is 0 Å². The highest BCUT2D eigenvalue weighted by atomic mass is 16.5. The monoisotopic (exact) mass is 568 g/mol. The summed E-state index contributed by atoms with van der Waals surface area (Å²) in [5.74, 6) is 1.91. The molecule has 0 spiro atoms. The molecular weight excluding hydrogens is 524 g/mol. The van der Waals surface area contributed by atoms with Gasteiger partial charge in [0.15, 0.2) is 0 Å². The van der Waals surface area contributed by atoms with E-state index in [1.807, 2.05) is 65.6 Å². The average molecular weight is 569 g/mol. The molecule has 2 aromatic rings. The summed E-state index contributed by atoms with van der Waals surface area (Å²) < 4.78 is 5.89. The highest BCUT2D eigenvalue weighted by Crippen LogP contribution is 2.26. The van der Waals surface area contributed by atoms with Crippen LogP contribution in [-0.4, -0.2) is 65.0 Å². The van der Waals surface area contributed by atoms with E-state index in [1.165, 1.54) is 25.5 Å². The summed E-state index contributed by atoms with van der Waals surface area (Å²) in [6, 6.07) is 17.9. The Balaban J connectivity index is 1.41. The number of nitrogens with zero attached hydrogens (tertiary/aromatic N) is 3. The molecule has 4 N–H and O–H groups in total. The molecule has 1 unspecified atom stereocenters. The molecule has 1 saturated heterocycles. The van der Waals surface area contributed by atoms with Crippen molar-refractivity contribution in [2.24, 2.45) is 10.7 Å². The maximum absolute atomic E-state index is 13.0. The highest BCUT2D eigenvalue weighted by Gasteiger charge is 2.28. The minimum atomic E-state index is -0.115. The van der Waals surface area contributed by atoms with E-state index in [9.17, 15) is 4.79 Å². The van der Waals surface area contributed by atoms with Gasteiger partial charge >= 0.3 is 0 Å². The van der Waals surface area contributed by atoms with Gasteiger partial charge in [-0.15, -0.1) is 0 Å². The summed E-state index contributed by atoms with van der Waals surface area (Å²) in [4.78, 5) is 22.2. The van der Waals surface area contributed by atoms with Crippen molar-refractivity contribution in [3.8, 4) is 11.5 Å². The van der Waals surface area contributed by atoms with Crippen molar-refractivity contribution in [1.82, 2.24) is 15.1 Å². The molecule has 2 fully saturated rings. The third kappa shape index (κ3) is 7.97. The molecule has 1 saturated carbocycles. The number of amides is 1. The predicted octanol–water partition coefficient (Wildman–Crippen LogP) is 5.63. The average Bonchev–Trinajstić information content (AvgIpc) is 3.41. The fourth-order valence-corrected chi connectivity index (χ4v) is 5.34. The van der Waals surface area contributed by atoms with Crippen LogP contribution in [0.1, 0.15) is 52.0 Å². The normalized spacial score (nSPS) is 18.3. The quantitative estimate of drug-likeness (QED) is 0.175. The van der Waals surface area contributed by atoms with E-state index in [0.717, 1.165) is 18.7 Å². The van der Waals surface area contributed by atoms with Gasteiger partial charge in [0.25, 0.3) is 0 Å². The van der Waals surface area contributed by atoms with Crippen molar-refractivity contribution in [3.05, 3.63) is 96.4 Å². The van der Waals surface area contributed by atoms with Gasteiger partial charge in [0.1, 0.15) is 17.3 Å². The van der Waals surface area contributed by atoms with Crippen molar-refractivity contribution < 1.29 is 9.53 Å². The van der Waals surface area contributed by atoms with Crippen molar-refractivity contribution in [2.45, 2.75) is 64.6 Å². The lowest BCUT2D eigenvalue weighted by Gasteiger charge is -2.39. The Kier molecular flexibility index (Phi) is 10.7. The van der Waals surface area contributed by atoms with Crippen molar-refractivity contribution in [2.75, 3.05) is 19.6 Å². The molecule has 8 nitrogen and oxygen atoms in total. The van der Waals surface area contributed by atoms with Gasteiger partial charge < -0.3 is 20.7 Å². The van der Waals surface area contributed by atoms with E-state index < -0.39 is 0 Å². The van der Waals surface area contributed by atoms with Crippen LogP contribution in [-0.2, 0) is 4.79 Å². The second-order valence-corrected chi connectivity index (χ2v) is 11.2. The van der Waals surface area contributed by atoms with Crippen LogP contribution in [0.25, 0.3) is 0 Å². The molecule has 2 aliphatic rings. The molecule has 0 radical (unpaired) electrons. The minimum absolute atomic E-state index is 0.0135. The summed E-state index contributed by atoms with van der Waals surface area (Å²) >= 11 is 0. The number of carbonyl (C=O) groups is 1. The lowest BCUT2D eigenvalue weighted by molar-refractivity contribution is -0.125. The molecule has 0 bridgehead atoms. The number of ether oxygens (including phenoxy) is 1. The first-order valence-electron chi connectivity index (χ1n) is 14.8. The van der Waals surface area contributed by atoms with Crippen LogP contribution < -0.4 is 15.8 Å². The van der Waals surface area contributed by atoms with Crippen LogP contribution in [0.4, 0.5) is 0 Å². The lowest BCUT2D eigenvalue weighted by atomic mass is 9.90. The standard InChI is InChI=1S/C34H44N6O2/c1-5-37-34(32(25(4)35)33(36)26-16-18-30(19-17-26)42-29-13-7-6-8-14-29)38-27-20-22-39(23-27)31(41)15-10-21-40(24(2)3)28-11-9-12-28/h5-8,10,13-19,24,27-28,36H,1,9,11-12,20-23,35H2,2-4H3,(H,37,38)/b15-10+,32-25+,36-33?. The number of para-hydroxylation sites is 1. The van der Waals surface area contributed by atoms with Crippen molar-refractivity contribution in [3.63, 3.8) is 0 Å². The van der Waals surface area contributed by atoms with E-state index >= 15 is 0 Å². The van der Waals surface area contributed by atoms with Crippen LogP contribution >= 0.6 is 0 Å². The minimum Gasteiger partial charge on any atom is -0.457 e. The Morgan fingerprint density at radius 1 is 1.17 bits per heavy atom. The molecule has 1 aliphatic carbocycles. The van der Waals surface area contributed by atoms with Gasteiger partial charge in [-0.2, -0.15) is 0 Å². The van der Waals surface area contributed by atoms with Gasteiger partial charge in [-0.05, 0) is 82.6 Å². The van der Waals surface area contributed by atoms with Gasteiger partial charge in [0, 0.05) is 49.1 Å². The summed E-state index contributed by atoms with van der Waals surface area (Å²) in [6.07, 6.45) is 9.77. The number of nitrogens with one attached hydrogen (secondary N) is 2. The summed E-state index contributed by atoms with van der Waals surface area (Å²) in [5.41, 5.74) is 8.19. The van der Waals surface area contributed by atoms with Gasteiger partial charge in [-0.1, -0.05) is 37.3 Å². The molecule has 0 aromatic heterocycles. The number of nitrogens with two attached hydrogens (primary N) is 1. The first-order valence-corrected chi connectivity index (χ1v) is 14.8. The molecule has 8 heteroatoms. The van der Waals surface area contributed by atoms with Gasteiger partial charge in [0.2, 0.25) is 5.91 Å². The highest BCUT2D eigenvalue weighted by molar-refractivity contribution is 6.29. The largest absolute Gasteiger partial charge is 0.457 e. The Hall–Kier alpha value is -4.17. The molecule has 222 valence electrons. The molecule has 1 heterocycles. The van der Waals surface area contributed by atoms with E-state index in [0.29, 0.717) is 53.6 Å². The number of hydrogen-bond donors (Lipinski definition) is 3. The SMILES string of the molecule is C=CNC(=NC1CCN(C(=O)/C=C/CN(C(C)C)C2CCC2)C1)/C(C(=N)c1ccc(Oc2ccccc2)cc1)=C(\C)N. The van der Waals surface area contributed by atoms with E-state index in [4.69, 9.17) is 20.9 Å². The summed E-state index contributed by atoms with van der Waals surface area (Å²) in [5, 5.41) is 12.1. The topological polar surface area (TPSA) is 107 Å². The molecule has 1 amide bonds. The zero-order chi connectivity index (χ0) is 30.1. The fraction of sp³-hybridized carbons (Fsp3) is 0.382. The van der Waals surface area contributed by atoms with Gasteiger partial charge in [-0.3, -0.25) is 20.1 Å². The Bertz CT molecular complexity index is 1320. The second-order valence-electron chi connectivity index (χ2n) is 11.2. The number of rotatable bonds is 12. The van der Waals surface area contributed by atoms with Gasteiger partial charge in [0.05, 0.1) is 17.3 Å². The van der Waals surface area contributed by atoms with Crippen LogP contribution in [0.15, 0.2) is 95.8 Å². The third-order valence-electron chi connectivity index (χ3n) is 7.81. The predicted molar refractivity (Wildman–Crippen MR) is 171 cm³/mol. The Morgan fingerprint density at radius 3 is 2.45 bits per heavy atom. The van der Waals surface area contributed by atoms with E-state index in [-0.39, 0.29) is 17.7 Å². The number of benzene rings is 2. The maximum atomic E-state index is 13.0. The zero-order valence-corrected chi connectivity index (χ0v) is 25.1. The first-order chi connectivity index (χ1) is 20.3. The first kappa shape index (κ1) is 30.8. The lowest BCUT2D eigenvalue weighted by Crippen LogP contribution is -2.44. The van der Waals surface area contributed by atoms with Crippen molar-refractivity contribution in [1.29, 1.82) is 5.41 Å². The van der Waals surface area contributed by atoms with E-state index in [2.05, 4.69) is 30.6 Å². The molecule has 1 aliphatic heterocycles. The Morgan fingerprint density at radius 2 is 1.86 bits per heavy atom. The van der Waals surface area contributed by atoms with Crippen molar-refractivity contribution >= 4 is 17.5 Å².